The highest BCUT2D eigenvalue weighted by atomic mass is 16.5. The molecular weight excluding hydrogens is 246 g/mol. The third kappa shape index (κ3) is 11.7. The lowest BCUT2D eigenvalue weighted by atomic mass is 10.1. The third-order valence-electron chi connectivity index (χ3n) is 2.15. The number of methoxy groups -OCH3 is 1. The number of amides is 2. The summed E-state index contributed by atoms with van der Waals surface area (Å²) in [4.78, 5) is 23.0. The van der Waals surface area contributed by atoms with E-state index in [1.807, 2.05) is 27.7 Å². The lowest BCUT2D eigenvalue weighted by Gasteiger charge is -2.20. The second-order valence-electron chi connectivity index (χ2n) is 5.65. The van der Waals surface area contributed by atoms with Crippen molar-refractivity contribution in [3.63, 3.8) is 0 Å². The van der Waals surface area contributed by atoms with Crippen LogP contribution in [-0.4, -0.2) is 50.2 Å². The summed E-state index contributed by atoms with van der Waals surface area (Å²) in [6.45, 7) is 8.84. The number of carbonyl (C=O) groups is 2. The quantitative estimate of drug-likeness (QED) is 0.545. The number of hydrogen-bond acceptors (Lipinski definition) is 4. The minimum absolute atomic E-state index is 0.0107. The topological polar surface area (TPSA) is 79.5 Å². The second kappa shape index (κ2) is 8.87. The summed E-state index contributed by atoms with van der Waals surface area (Å²) in [5, 5.41) is 8.58. The van der Waals surface area contributed by atoms with E-state index in [0.29, 0.717) is 19.6 Å². The highest BCUT2D eigenvalue weighted by Crippen LogP contribution is 1.98. The summed E-state index contributed by atoms with van der Waals surface area (Å²) in [6.07, 6.45) is 0.359. The maximum absolute atomic E-state index is 11.5. The molecule has 0 aromatic carbocycles. The Labute approximate surface area is 115 Å². The fourth-order valence-electron chi connectivity index (χ4n) is 1.50. The van der Waals surface area contributed by atoms with Crippen LogP contribution in [0.2, 0.25) is 0 Å². The number of ether oxygens (including phenoxy) is 1. The Balaban J connectivity index is 3.64. The first-order chi connectivity index (χ1) is 8.74. The third-order valence-corrected chi connectivity index (χ3v) is 2.15. The number of hydrogen-bond donors (Lipinski definition) is 3. The molecule has 3 N–H and O–H groups in total. The van der Waals surface area contributed by atoms with Crippen LogP contribution in [0.4, 0.5) is 0 Å². The van der Waals surface area contributed by atoms with E-state index in [4.69, 9.17) is 4.74 Å². The molecule has 0 aliphatic heterocycles. The molecule has 0 fully saturated rings. The fraction of sp³-hybridized carbons (Fsp3) is 0.846. The van der Waals surface area contributed by atoms with Crippen molar-refractivity contribution in [1.29, 1.82) is 0 Å². The van der Waals surface area contributed by atoms with E-state index in [1.165, 1.54) is 0 Å². The van der Waals surface area contributed by atoms with Gasteiger partial charge in [-0.3, -0.25) is 9.59 Å². The molecule has 0 spiro atoms. The molecule has 0 bridgehead atoms. The molecule has 112 valence electrons. The summed E-state index contributed by atoms with van der Waals surface area (Å²) in [6, 6.07) is -0.0107. The highest BCUT2D eigenvalue weighted by Gasteiger charge is 2.13. The standard InChI is InChI=1S/C13H27N3O3/c1-10(9-19-5)15-12(18)8-14-7-6-11(17)16-13(2,3)4/h10,14H,6-9H2,1-5H3,(H,15,18)(H,16,17). The summed E-state index contributed by atoms with van der Waals surface area (Å²) < 4.78 is 4.92. The maximum atomic E-state index is 11.5. The van der Waals surface area contributed by atoms with E-state index in [1.54, 1.807) is 7.11 Å². The van der Waals surface area contributed by atoms with Gasteiger partial charge in [0.25, 0.3) is 0 Å². The van der Waals surface area contributed by atoms with Crippen LogP contribution in [0.5, 0.6) is 0 Å². The Bertz CT molecular complexity index is 287. The smallest absolute Gasteiger partial charge is 0.234 e. The molecule has 1 atom stereocenters. The number of rotatable bonds is 8. The zero-order valence-electron chi connectivity index (χ0n) is 12.6. The summed E-state index contributed by atoms with van der Waals surface area (Å²) in [5.74, 6) is -0.117. The van der Waals surface area contributed by atoms with Gasteiger partial charge in [0.15, 0.2) is 0 Å². The Morgan fingerprint density at radius 2 is 1.84 bits per heavy atom. The highest BCUT2D eigenvalue weighted by molar-refractivity contribution is 5.79. The molecule has 0 saturated carbocycles. The van der Waals surface area contributed by atoms with Gasteiger partial charge in [-0.15, -0.1) is 0 Å². The van der Waals surface area contributed by atoms with Gasteiger partial charge in [0.2, 0.25) is 11.8 Å². The Morgan fingerprint density at radius 1 is 1.21 bits per heavy atom. The second-order valence-corrected chi connectivity index (χ2v) is 5.65. The zero-order chi connectivity index (χ0) is 14.9. The maximum Gasteiger partial charge on any atom is 0.234 e. The average Bonchev–Trinajstić information content (AvgIpc) is 2.22. The van der Waals surface area contributed by atoms with Gasteiger partial charge in [0, 0.05) is 31.7 Å². The van der Waals surface area contributed by atoms with Gasteiger partial charge in [-0.1, -0.05) is 0 Å². The molecule has 1 unspecified atom stereocenters. The van der Waals surface area contributed by atoms with Crippen LogP contribution >= 0.6 is 0 Å². The van der Waals surface area contributed by atoms with Crippen molar-refractivity contribution in [1.82, 2.24) is 16.0 Å². The SMILES string of the molecule is COCC(C)NC(=O)CNCCC(=O)NC(C)(C)C. The van der Waals surface area contributed by atoms with Crippen molar-refractivity contribution in [3.8, 4) is 0 Å². The van der Waals surface area contributed by atoms with Crippen molar-refractivity contribution in [2.45, 2.75) is 45.7 Å². The summed E-state index contributed by atoms with van der Waals surface area (Å²) in [7, 11) is 1.59. The van der Waals surface area contributed by atoms with Crippen molar-refractivity contribution < 1.29 is 14.3 Å². The van der Waals surface area contributed by atoms with E-state index in [-0.39, 0.29) is 29.9 Å². The first-order valence-electron chi connectivity index (χ1n) is 6.54. The Kier molecular flexibility index (Phi) is 8.34. The van der Waals surface area contributed by atoms with Crippen LogP contribution in [0.3, 0.4) is 0 Å². The van der Waals surface area contributed by atoms with Gasteiger partial charge in [-0.25, -0.2) is 0 Å². The molecule has 0 rings (SSSR count). The van der Waals surface area contributed by atoms with Crippen molar-refractivity contribution >= 4 is 11.8 Å². The van der Waals surface area contributed by atoms with Crippen LogP contribution in [0.25, 0.3) is 0 Å². The Hall–Kier alpha value is -1.14. The molecule has 0 saturated heterocycles. The van der Waals surface area contributed by atoms with Gasteiger partial charge in [-0.05, 0) is 27.7 Å². The van der Waals surface area contributed by atoms with Crippen LogP contribution in [0.1, 0.15) is 34.1 Å². The largest absolute Gasteiger partial charge is 0.383 e. The van der Waals surface area contributed by atoms with Crippen LogP contribution in [-0.2, 0) is 14.3 Å². The van der Waals surface area contributed by atoms with Gasteiger partial charge >= 0.3 is 0 Å². The van der Waals surface area contributed by atoms with Crippen molar-refractivity contribution in [2.75, 3.05) is 26.8 Å². The molecule has 0 aliphatic carbocycles. The fourth-order valence-corrected chi connectivity index (χ4v) is 1.50. The predicted molar refractivity (Wildman–Crippen MR) is 74.9 cm³/mol. The molecule has 0 aromatic rings. The van der Waals surface area contributed by atoms with E-state index in [0.717, 1.165) is 0 Å². The Morgan fingerprint density at radius 3 is 2.37 bits per heavy atom. The van der Waals surface area contributed by atoms with Gasteiger partial charge < -0.3 is 20.7 Å². The summed E-state index contributed by atoms with van der Waals surface area (Å²) in [5.41, 5.74) is -0.218. The van der Waals surface area contributed by atoms with E-state index in [2.05, 4.69) is 16.0 Å². The van der Waals surface area contributed by atoms with Crippen LogP contribution in [0.15, 0.2) is 0 Å². The number of nitrogens with one attached hydrogen (secondary N) is 3. The lowest BCUT2D eigenvalue weighted by molar-refractivity contribution is -0.123. The first kappa shape index (κ1) is 17.9. The van der Waals surface area contributed by atoms with Gasteiger partial charge in [-0.2, -0.15) is 0 Å². The van der Waals surface area contributed by atoms with Crippen LogP contribution < -0.4 is 16.0 Å². The molecule has 2 amide bonds. The number of carbonyl (C=O) groups excluding carboxylic acids is 2. The first-order valence-corrected chi connectivity index (χ1v) is 6.54. The molecule has 6 nitrogen and oxygen atoms in total. The van der Waals surface area contributed by atoms with E-state index < -0.39 is 0 Å². The molecular formula is C13H27N3O3. The monoisotopic (exact) mass is 273 g/mol. The van der Waals surface area contributed by atoms with Gasteiger partial charge in [0.1, 0.15) is 0 Å². The molecule has 0 aromatic heterocycles. The summed E-state index contributed by atoms with van der Waals surface area (Å²) >= 11 is 0. The minimum Gasteiger partial charge on any atom is -0.383 e. The molecule has 0 aliphatic rings. The van der Waals surface area contributed by atoms with E-state index in [9.17, 15) is 9.59 Å². The van der Waals surface area contributed by atoms with Gasteiger partial charge in [0.05, 0.1) is 13.2 Å². The molecule has 0 radical (unpaired) electrons. The van der Waals surface area contributed by atoms with E-state index >= 15 is 0 Å². The minimum atomic E-state index is -0.218. The van der Waals surface area contributed by atoms with Crippen molar-refractivity contribution in [3.05, 3.63) is 0 Å². The molecule has 0 heterocycles. The van der Waals surface area contributed by atoms with Crippen molar-refractivity contribution in [2.24, 2.45) is 0 Å². The van der Waals surface area contributed by atoms with Crippen LogP contribution in [0, 0.1) is 0 Å². The molecule has 19 heavy (non-hydrogen) atoms. The molecule has 6 heteroatoms. The zero-order valence-corrected chi connectivity index (χ0v) is 12.6. The average molecular weight is 273 g/mol. The normalized spacial score (nSPS) is 12.9. The predicted octanol–water partition coefficient (Wildman–Crippen LogP) is 0.0319. The lowest BCUT2D eigenvalue weighted by Crippen LogP contribution is -2.43.